The Bertz CT molecular complexity index is 980. The molecule has 142 valence electrons. The number of aliphatic hydroxyl groups is 2. The minimum atomic E-state index is -3.96. The Morgan fingerprint density at radius 1 is 1.44 bits per heavy atom. The number of pyridine rings is 1. The summed E-state index contributed by atoms with van der Waals surface area (Å²) in [5.41, 5.74) is -2.06. The number of hydrogen-bond donors (Lipinski definition) is 2. The molecule has 0 spiro atoms. The molecule has 3 rings (SSSR count). The lowest BCUT2D eigenvalue weighted by Gasteiger charge is -2.27. The fraction of sp³-hybridized carbons (Fsp3) is 0.294. The van der Waals surface area contributed by atoms with Crippen molar-refractivity contribution >= 4 is 15.7 Å². The van der Waals surface area contributed by atoms with Crippen LogP contribution in [0.15, 0.2) is 47.6 Å². The summed E-state index contributed by atoms with van der Waals surface area (Å²) in [7, 11) is -3.96. The van der Waals surface area contributed by atoms with Crippen LogP contribution in [0.2, 0.25) is 0 Å². The van der Waals surface area contributed by atoms with E-state index in [1.807, 2.05) is 0 Å². The smallest absolute Gasteiger partial charge is 0.244 e. The van der Waals surface area contributed by atoms with E-state index in [0.29, 0.717) is 0 Å². The predicted molar refractivity (Wildman–Crippen MR) is 92.1 cm³/mol. The normalized spacial score (nSPS) is 23.1. The number of β-amino-alcohol motifs (C(OH)–C–C–N with tert-alkyl or cyclic N) is 1. The highest BCUT2D eigenvalue weighted by molar-refractivity contribution is 7.89. The van der Waals surface area contributed by atoms with Crippen LogP contribution in [0.1, 0.15) is 0 Å². The standard InChI is InChI=1S/C17H16FN3O5S/c1-19-15-5-4-12(7-14(15)18)26-16-9-21(10-17(16,23)11-22)27(24,25)13-3-2-6-20-8-13/h2-8,16,22-23H,9-11H2/t16-,17+/m0/s1. The minimum Gasteiger partial charge on any atom is -0.486 e. The van der Waals surface area contributed by atoms with Gasteiger partial charge < -0.3 is 14.9 Å². The summed E-state index contributed by atoms with van der Waals surface area (Å²) in [6.07, 6.45) is 1.48. The first-order chi connectivity index (χ1) is 12.8. The molecule has 0 saturated carbocycles. The van der Waals surface area contributed by atoms with Gasteiger partial charge in [0.25, 0.3) is 0 Å². The molecule has 0 radical (unpaired) electrons. The Kier molecular flexibility index (Phi) is 5.12. The van der Waals surface area contributed by atoms with Gasteiger partial charge in [-0.1, -0.05) is 0 Å². The monoisotopic (exact) mass is 393 g/mol. The molecule has 1 fully saturated rings. The molecule has 1 saturated heterocycles. The van der Waals surface area contributed by atoms with Crippen molar-refractivity contribution in [2.75, 3.05) is 19.7 Å². The van der Waals surface area contributed by atoms with Gasteiger partial charge in [0.1, 0.15) is 28.2 Å². The summed E-state index contributed by atoms with van der Waals surface area (Å²) in [5.74, 6) is -0.787. The molecule has 1 aromatic heterocycles. The third-order valence-electron chi connectivity index (χ3n) is 4.28. The van der Waals surface area contributed by atoms with Gasteiger partial charge in [-0.15, -0.1) is 0 Å². The topological polar surface area (TPSA) is 104 Å². The third kappa shape index (κ3) is 3.63. The molecule has 2 atom stereocenters. The summed E-state index contributed by atoms with van der Waals surface area (Å²) in [4.78, 5) is 6.72. The molecule has 1 aliphatic heterocycles. The maximum atomic E-state index is 13.8. The van der Waals surface area contributed by atoms with E-state index in [1.54, 1.807) is 0 Å². The number of halogens is 1. The van der Waals surface area contributed by atoms with Crippen LogP contribution in [-0.4, -0.2) is 59.3 Å². The fourth-order valence-corrected chi connectivity index (χ4v) is 4.24. The van der Waals surface area contributed by atoms with Gasteiger partial charge in [-0.2, -0.15) is 4.31 Å². The molecule has 27 heavy (non-hydrogen) atoms. The van der Waals surface area contributed by atoms with Crippen LogP contribution in [0.3, 0.4) is 0 Å². The highest BCUT2D eigenvalue weighted by Crippen LogP contribution is 2.31. The Labute approximate surface area is 155 Å². The van der Waals surface area contributed by atoms with Crippen LogP contribution >= 0.6 is 0 Å². The van der Waals surface area contributed by atoms with Crippen molar-refractivity contribution in [3.63, 3.8) is 0 Å². The lowest BCUT2D eigenvalue weighted by atomic mass is 10.0. The summed E-state index contributed by atoms with van der Waals surface area (Å²) in [5, 5.41) is 20.2. The van der Waals surface area contributed by atoms with E-state index >= 15 is 0 Å². The van der Waals surface area contributed by atoms with Gasteiger partial charge in [0.15, 0.2) is 0 Å². The molecule has 0 unspecified atom stereocenters. The number of sulfonamides is 1. The lowest BCUT2D eigenvalue weighted by Crippen LogP contribution is -2.48. The zero-order valence-electron chi connectivity index (χ0n) is 14.0. The van der Waals surface area contributed by atoms with E-state index < -0.39 is 40.7 Å². The van der Waals surface area contributed by atoms with Crippen molar-refractivity contribution in [3.8, 4) is 5.75 Å². The van der Waals surface area contributed by atoms with Crippen LogP contribution in [0.4, 0.5) is 10.1 Å². The first-order valence-corrected chi connectivity index (χ1v) is 9.31. The zero-order chi connectivity index (χ0) is 19.7. The van der Waals surface area contributed by atoms with Crippen LogP contribution in [0, 0.1) is 12.4 Å². The quantitative estimate of drug-likeness (QED) is 0.733. The number of aliphatic hydroxyl groups excluding tert-OH is 1. The number of hydrogen-bond acceptors (Lipinski definition) is 6. The highest BCUT2D eigenvalue weighted by atomic mass is 32.2. The first-order valence-electron chi connectivity index (χ1n) is 7.87. The van der Waals surface area contributed by atoms with Gasteiger partial charge in [-0.3, -0.25) is 4.98 Å². The second-order valence-corrected chi connectivity index (χ2v) is 8.02. The molecule has 0 bridgehead atoms. The third-order valence-corrected chi connectivity index (χ3v) is 6.08. The second-order valence-electron chi connectivity index (χ2n) is 6.08. The number of rotatable bonds is 5. The first kappa shape index (κ1) is 19.2. The van der Waals surface area contributed by atoms with E-state index in [1.165, 1.54) is 36.7 Å². The molecule has 0 amide bonds. The molecular weight excluding hydrogens is 377 g/mol. The van der Waals surface area contributed by atoms with Gasteiger partial charge in [-0.05, 0) is 24.3 Å². The van der Waals surface area contributed by atoms with E-state index in [4.69, 9.17) is 11.3 Å². The van der Waals surface area contributed by atoms with Crippen molar-refractivity contribution < 1.29 is 27.8 Å². The average Bonchev–Trinajstić information content (AvgIpc) is 3.00. The number of ether oxygens (including phenoxy) is 1. The summed E-state index contributed by atoms with van der Waals surface area (Å²) < 4.78 is 45.7. The van der Waals surface area contributed by atoms with Gasteiger partial charge in [0.2, 0.25) is 15.7 Å². The molecule has 10 heteroatoms. The van der Waals surface area contributed by atoms with E-state index in [0.717, 1.165) is 10.4 Å². The molecule has 1 aliphatic rings. The Hall–Kier alpha value is -2.58. The SMILES string of the molecule is [C-]#[N+]c1ccc(O[C@H]2CN(S(=O)(=O)c3cccnc3)C[C@@]2(O)CO)cc1F. The molecule has 1 aromatic carbocycles. The fourth-order valence-electron chi connectivity index (χ4n) is 2.77. The van der Waals surface area contributed by atoms with Crippen molar-refractivity contribution in [2.24, 2.45) is 0 Å². The second kappa shape index (κ2) is 7.21. The summed E-state index contributed by atoms with van der Waals surface area (Å²) in [6, 6.07) is 6.37. The lowest BCUT2D eigenvalue weighted by molar-refractivity contribution is -0.0641. The van der Waals surface area contributed by atoms with Crippen molar-refractivity contribution in [3.05, 3.63) is 60.0 Å². The molecule has 2 N–H and O–H groups in total. The predicted octanol–water partition coefficient (Wildman–Crippen LogP) is 0.947. The molecule has 0 aliphatic carbocycles. The van der Waals surface area contributed by atoms with Gasteiger partial charge in [0, 0.05) is 25.0 Å². The van der Waals surface area contributed by atoms with Gasteiger partial charge in [0.05, 0.1) is 19.7 Å². The summed E-state index contributed by atoms with van der Waals surface area (Å²) in [6.45, 7) is 5.45. The number of aromatic nitrogens is 1. The van der Waals surface area contributed by atoms with E-state index in [-0.39, 0.29) is 22.9 Å². The Morgan fingerprint density at radius 2 is 2.22 bits per heavy atom. The molecule has 2 heterocycles. The van der Waals surface area contributed by atoms with E-state index in [9.17, 15) is 23.0 Å². The maximum absolute atomic E-state index is 13.8. The van der Waals surface area contributed by atoms with Gasteiger partial charge >= 0.3 is 0 Å². The Morgan fingerprint density at radius 3 is 2.81 bits per heavy atom. The van der Waals surface area contributed by atoms with Crippen molar-refractivity contribution in [1.29, 1.82) is 0 Å². The van der Waals surface area contributed by atoms with Gasteiger partial charge in [-0.25, -0.2) is 17.7 Å². The van der Waals surface area contributed by atoms with Crippen molar-refractivity contribution in [1.82, 2.24) is 9.29 Å². The largest absolute Gasteiger partial charge is 0.486 e. The highest BCUT2D eigenvalue weighted by Gasteiger charge is 2.50. The van der Waals surface area contributed by atoms with Crippen LogP contribution in [0.25, 0.3) is 4.85 Å². The van der Waals surface area contributed by atoms with Crippen LogP contribution in [0.5, 0.6) is 5.75 Å². The summed E-state index contributed by atoms with van der Waals surface area (Å²) >= 11 is 0. The molecule has 8 nitrogen and oxygen atoms in total. The van der Waals surface area contributed by atoms with Crippen LogP contribution in [-0.2, 0) is 10.0 Å². The minimum absolute atomic E-state index is 0.0115. The van der Waals surface area contributed by atoms with Crippen LogP contribution < -0.4 is 4.74 Å². The molecular formula is C17H16FN3O5S. The Balaban J connectivity index is 1.86. The molecule has 2 aromatic rings. The van der Waals surface area contributed by atoms with Crippen molar-refractivity contribution in [2.45, 2.75) is 16.6 Å². The number of nitrogens with zero attached hydrogens (tertiary/aromatic N) is 3. The average molecular weight is 393 g/mol. The zero-order valence-corrected chi connectivity index (χ0v) is 14.8. The maximum Gasteiger partial charge on any atom is 0.244 e. The van der Waals surface area contributed by atoms with E-state index in [2.05, 4.69) is 9.83 Å². The number of benzene rings is 1.